The number of carbonyl (C=O) groups is 1. The molecule has 1 aromatic heterocycles. The Bertz CT molecular complexity index is 962. The number of rotatable bonds is 6. The van der Waals surface area contributed by atoms with Crippen molar-refractivity contribution in [1.82, 2.24) is 9.88 Å². The van der Waals surface area contributed by atoms with Crippen LogP contribution in [0.2, 0.25) is 0 Å². The third-order valence-corrected chi connectivity index (χ3v) is 7.23. The Morgan fingerprint density at radius 1 is 1.12 bits per heavy atom. The number of fused-ring (bicyclic) bond motifs is 1. The maximum Gasteiger partial charge on any atom is 0.397 e. The van der Waals surface area contributed by atoms with Crippen molar-refractivity contribution in [2.24, 2.45) is 5.92 Å². The number of hydrogen-bond acceptors (Lipinski definition) is 3. The average molecular weight is 524 g/mol. The van der Waals surface area contributed by atoms with Crippen molar-refractivity contribution in [3.05, 3.63) is 58.3 Å². The number of carbonyl (C=O) groups excluding carboxylic acids is 1. The summed E-state index contributed by atoms with van der Waals surface area (Å²) in [5, 5.41) is 0. The predicted octanol–water partition coefficient (Wildman–Crippen LogP) is 6.48. The van der Waals surface area contributed by atoms with Crippen molar-refractivity contribution in [2.45, 2.75) is 70.3 Å². The number of halogens is 4. The lowest BCUT2D eigenvalue weighted by Crippen LogP contribution is -2.44. The fourth-order valence-corrected chi connectivity index (χ4v) is 5.50. The molecule has 1 fully saturated rings. The third-order valence-electron chi connectivity index (χ3n) is 6.73. The van der Waals surface area contributed by atoms with Crippen LogP contribution >= 0.6 is 15.9 Å². The van der Waals surface area contributed by atoms with Gasteiger partial charge in [0.25, 0.3) is 0 Å². The smallest absolute Gasteiger partial charge is 0.361 e. The summed E-state index contributed by atoms with van der Waals surface area (Å²) in [4.78, 5) is 20.8. The minimum absolute atomic E-state index is 0.0767. The van der Waals surface area contributed by atoms with Crippen LogP contribution in [0.5, 0.6) is 0 Å². The molecule has 1 unspecified atom stereocenters. The van der Waals surface area contributed by atoms with Crippen molar-refractivity contribution in [1.29, 1.82) is 0 Å². The Morgan fingerprint density at radius 3 is 2.61 bits per heavy atom. The van der Waals surface area contributed by atoms with Crippen LogP contribution in [0.3, 0.4) is 0 Å². The molecule has 178 valence electrons. The number of nitrogens with zero attached hydrogens (tertiary/aromatic N) is 3. The van der Waals surface area contributed by atoms with Gasteiger partial charge in [-0.2, -0.15) is 13.2 Å². The van der Waals surface area contributed by atoms with E-state index in [1.807, 2.05) is 36.4 Å². The molecular formula is C25H29BrF3N3O. The zero-order chi connectivity index (χ0) is 23.4. The lowest BCUT2D eigenvalue weighted by molar-refractivity contribution is -0.162. The zero-order valence-electron chi connectivity index (χ0n) is 18.5. The topological polar surface area (TPSA) is 36.4 Å². The molecule has 1 atom stereocenters. The Kier molecular flexibility index (Phi) is 7.62. The molecule has 1 aromatic carbocycles. The molecule has 1 aliphatic carbocycles. The van der Waals surface area contributed by atoms with Crippen LogP contribution in [0.25, 0.3) is 0 Å². The van der Waals surface area contributed by atoms with Gasteiger partial charge in [0.15, 0.2) is 0 Å². The Morgan fingerprint density at radius 2 is 1.88 bits per heavy atom. The van der Waals surface area contributed by atoms with Crippen LogP contribution in [0.1, 0.15) is 56.2 Å². The first-order valence-corrected chi connectivity index (χ1v) is 12.4. The standard InChI is InChI=1S/C25H29BrF3N3O/c26-20-11-12-30-21(13-20)16-32-22(10-9-18-5-1-2-6-18)17-31(24(33)14-25(27,28)29)15-19-7-3-4-8-23(19)32/h3-4,7-8,11-13,18,22H,1-2,5-6,9-10,14-17H2. The van der Waals surface area contributed by atoms with E-state index in [-0.39, 0.29) is 19.1 Å². The van der Waals surface area contributed by atoms with E-state index >= 15 is 0 Å². The molecule has 4 rings (SSSR count). The maximum atomic E-state index is 13.0. The highest BCUT2D eigenvalue weighted by atomic mass is 79.9. The lowest BCUT2D eigenvalue weighted by Gasteiger charge is -2.35. The molecule has 0 radical (unpaired) electrons. The minimum atomic E-state index is -4.51. The molecule has 2 aliphatic rings. The average Bonchev–Trinajstić information content (AvgIpc) is 3.22. The van der Waals surface area contributed by atoms with Gasteiger partial charge >= 0.3 is 6.18 Å². The van der Waals surface area contributed by atoms with Gasteiger partial charge < -0.3 is 9.80 Å². The van der Waals surface area contributed by atoms with E-state index in [4.69, 9.17) is 0 Å². The van der Waals surface area contributed by atoms with Crippen LogP contribution in [-0.4, -0.2) is 34.6 Å². The molecule has 0 N–H and O–H groups in total. The summed E-state index contributed by atoms with van der Waals surface area (Å²) in [5.41, 5.74) is 2.71. The van der Waals surface area contributed by atoms with Crippen LogP contribution in [0, 0.1) is 5.92 Å². The largest absolute Gasteiger partial charge is 0.397 e. The first-order valence-electron chi connectivity index (χ1n) is 11.6. The summed E-state index contributed by atoms with van der Waals surface area (Å²) >= 11 is 3.50. The molecule has 2 aromatic rings. The highest BCUT2D eigenvalue weighted by Crippen LogP contribution is 2.35. The van der Waals surface area contributed by atoms with E-state index in [9.17, 15) is 18.0 Å². The van der Waals surface area contributed by atoms with Crippen molar-refractivity contribution in [3.63, 3.8) is 0 Å². The third kappa shape index (κ3) is 6.49. The van der Waals surface area contributed by atoms with Gasteiger partial charge in [0.05, 0.1) is 12.2 Å². The van der Waals surface area contributed by atoms with Crippen LogP contribution in [-0.2, 0) is 17.9 Å². The summed E-state index contributed by atoms with van der Waals surface area (Å²) in [6.07, 6.45) is 2.61. The van der Waals surface area contributed by atoms with Gasteiger partial charge in [-0.15, -0.1) is 0 Å². The number of pyridine rings is 1. The number of para-hydroxylation sites is 1. The van der Waals surface area contributed by atoms with Crippen molar-refractivity contribution in [2.75, 3.05) is 11.4 Å². The van der Waals surface area contributed by atoms with E-state index in [1.165, 1.54) is 30.6 Å². The number of hydrogen-bond donors (Lipinski definition) is 0. The molecule has 0 saturated heterocycles. The Labute approximate surface area is 201 Å². The van der Waals surface area contributed by atoms with E-state index in [1.54, 1.807) is 6.20 Å². The molecule has 2 heterocycles. The second-order valence-corrected chi connectivity index (χ2v) is 10.1. The van der Waals surface area contributed by atoms with Crippen LogP contribution < -0.4 is 4.90 Å². The molecular weight excluding hydrogens is 495 g/mol. The number of benzene rings is 1. The maximum absolute atomic E-state index is 13.0. The minimum Gasteiger partial charge on any atom is -0.361 e. The first-order chi connectivity index (χ1) is 15.8. The van der Waals surface area contributed by atoms with Gasteiger partial charge in [0.2, 0.25) is 5.91 Å². The molecule has 1 amide bonds. The second-order valence-electron chi connectivity index (χ2n) is 9.17. The summed E-state index contributed by atoms with van der Waals surface area (Å²) < 4.78 is 40.0. The van der Waals surface area contributed by atoms with E-state index in [0.29, 0.717) is 12.5 Å². The van der Waals surface area contributed by atoms with Crippen molar-refractivity contribution >= 4 is 27.5 Å². The van der Waals surface area contributed by atoms with Crippen LogP contribution in [0.4, 0.5) is 18.9 Å². The Balaban J connectivity index is 1.65. The van der Waals surface area contributed by atoms with Gasteiger partial charge in [-0.05, 0) is 42.5 Å². The number of alkyl halides is 3. The van der Waals surface area contributed by atoms with Gasteiger partial charge in [0.1, 0.15) is 6.42 Å². The quantitative estimate of drug-likeness (QED) is 0.434. The molecule has 8 heteroatoms. The number of amides is 1. The first kappa shape index (κ1) is 24.0. The van der Waals surface area contributed by atoms with Crippen molar-refractivity contribution < 1.29 is 18.0 Å². The number of anilines is 1. The van der Waals surface area contributed by atoms with Crippen molar-refractivity contribution in [3.8, 4) is 0 Å². The fraction of sp³-hybridized carbons (Fsp3) is 0.520. The van der Waals surface area contributed by atoms with Gasteiger partial charge in [-0.3, -0.25) is 9.78 Å². The van der Waals surface area contributed by atoms with Gasteiger partial charge in [-0.25, -0.2) is 0 Å². The molecule has 1 aliphatic heterocycles. The summed E-state index contributed by atoms with van der Waals surface area (Å²) in [7, 11) is 0. The number of aromatic nitrogens is 1. The van der Waals surface area contributed by atoms with E-state index in [2.05, 4.69) is 25.8 Å². The SMILES string of the molecule is O=C(CC(F)(F)F)N1Cc2ccccc2N(Cc2cc(Br)ccn2)C(CCC2CCCC2)C1. The van der Waals surface area contributed by atoms with Gasteiger partial charge in [-0.1, -0.05) is 59.8 Å². The Hall–Kier alpha value is -2.09. The van der Waals surface area contributed by atoms with Crippen LogP contribution in [0.15, 0.2) is 47.1 Å². The summed E-state index contributed by atoms with van der Waals surface area (Å²) in [6.45, 7) is 1.00. The highest BCUT2D eigenvalue weighted by molar-refractivity contribution is 9.10. The normalized spacial score (nSPS) is 19.5. The van der Waals surface area contributed by atoms with E-state index in [0.717, 1.165) is 34.3 Å². The monoisotopic (exact) mass is 523 g/mol. The second kappa shape index (κ2) is 10.5. The highest BCUT2D eigenvalue weighted by Gasteiger charge is 2.37. The molecule has 1 saturated carbocycles. The predicted molar refractivity (Wildman–Crippen MR) is 126 cm³/mol. The molecule has 0 spiro atoms. The van der Waals surface area contributed by atoms with E-state index < -0.39 is 18.5 Å². The molecule has 0 bridgehead atoms. The lowest BCUT2D eigenvalue weighted by atomic mass is 9.97. The fourth-order valence-electron chi connectivity index (χ4n) is 5.12. The zero-order valence-corrected chi connectivity index (χ0v) is 20.1. The molecule has 33 heavy (non-hydrogen) atoms. The summed E-state index contributed by atoms with van der Waals surface area (Å²) in [6, 6.07) is 11.5. The molecule has 4 nitrogen and oxygen atoms in total. The van der Waals surface area contributed by atoms with Gasteiger partial charge in [0, 0.05) is 35.5 Å². The summed E-state index contributed by atoms with van der Waals surface area (Å²) in [5.74, 6) is -0.195.